The van der Waals surface area contributed by atoms with Crippen LogP contribution in [0.4, 0.5) is 0 Å². The maximum atomic E-state index is 6.18. The van der Waals surface area contributed by atoms with E-state index in [4.69, 9.17) is 22.1 Å². The van der Waals surface area contributed by atoms with Gasteiger partial charge in [0.2, 0.25) is 0 Å². The average molecular weight is 242 g/mol. The van der Waals surface area contributed by atoms with Crippen LogP contribution in [0.15, 0.2) is 6.07 Å². The Hall–Kier alpha value is -0.730. The number of halogens is 1. The van der Waals surface area contributed by atoms with E-state index < -0.39 is 0 Å². The van der Waals surface area contributed by atoms with Gasteiger partial charge in [0, 0.05) is 5.02 Å². The van der Waals surface area contributed by atoms with Gasteiger partial charge in [0.25, 0.3) is 0 Å². The molecule has 2 nitrogen and oxygen atoms in total. The van der Waals surface area contributed by atoms with Crippen LogP contribution in [0.5, 0.6) is 5.75 Å². The van der Waals surface area contributed by atoms with Crippen LogP contribution < -0.4 is 10.5 Å². The van der Waals surface area contributed by atoms with Crippen LogP contribution in [0, 0.1) is 13.8 Å². The molecule has 0 heterocycles. The van der Waals surface area contributed by atoms with Crippen molar-refractivity contribution in [3.05, 3.63) is 27.8 Å². The van der Waals surface area contributed by atoms with Gasteiger partial charge in [0.15, 0.2) is 0 Å². The van der Waals surface area contributed by atoms with Crippen molar-refractivity contribution in [3.8, 4) is 5.75 Å². The lowest BCUT2D eigenvalue weighted by Crippen LogP contribution is -2.05. The number of hydrogen-bond acceptors (Lipinski definition) is 2. The minimum atomic E-state index is 0.678. The average Bonchev–Trinajstić information content (AvgIpc) is 2.25. The van der Waals surface area contributed by atoms with Gasteiger partial charge in [0.1, 0.15) is 5.75 Å². The summed E-state index contributed by atoms with van der Waals surface area (Å²) in [5, 5.41) is 0.813. The first-order valence-corrected chi connectivity index (χ1v) is 6.11. The molecule has 0 atom stereocenters. The molecule has 1 rings (SSSR count). The van der Waals surface area contributed by atoms with E-state index in [9.17, 15) is 0 Å². The quantitative estimate of drug-likeness (QED) is 0.859. The summed E-state index contributed by atoms with van der Waals surface area (Å²) in [5.74, 6) is 0.984. The molecule has 0 aliphatic rings. The molecule has 2 N–H and O–H groups in total. The van der Waals surface area contributed by atoms with Gasteiger partial charge in [-0.25, -0.2) is 0 Å². The zero-order valence-corrected chi connectivity index (χ0v) is 11.0. The van der Waals surface area contributed by atoms with E-state index in [0.29, 0.717) is 13.2 Å². The fourth-order valence-corrected chi connectivity index (χ4v) is 2.12. The van der Waals surface area contributed by atoms with Crippen molar-refractivity contribution in [2.24, 2.45) is 5.73 Å². The lowest BCUT2D eigenvalue weighted by atomic mass is 9.99. The second-order valence-corrected chi connectivity index (χ2v) is 4.34. The Labute approximate surface area is 103 Å². The Kier molecular flexibility index (Phi) is 5.10. The zero-order valence-electron chi connectivity index (χ0n) is 10.3. The standard InChI is InChI=1S/C13H20ClNO/c1-4-16-13-9(2)8-12(14)10(3)11(13)6-5-7-15/h8H,4-7,15H2,1-3H3. The molecule has 16 heavy (non-hydrogen) atoms. The van der Waals surface area contributed by atoms with Gasteiger partial charge >= 0.3 is 0 Å². The van der Waals surface area contributed by atoms with E-state index in [1.807, 2.05) is 26.8 Å². The molecule has 0 saturated heterocycles. The molecule has 0 aromatic heterocycles. The normalized spacial score (nSPS) is 10.6. The summed E-state index contributed by atoms with van der Waals surface area (Å²) in [6.07, 6.45) is 1.89. The molecule has 0 spiro atoms. The first kappa shape index (κ1) is 13.3. The first-order chi connectivity index (χ1) is 7.61. The lowest BCUT2D eigenvalue weighted by Gasteiger charge is -2.16. The van der Waals surface area contributed by atoms with Crippen LogP contribution >= 0.6 is 11.6 Å². The van der Waals surface area contributed by atoms with E-state index in [1.54, 1.807) is 0 Å². The molecule has 1 aromatic carbocycles. The Bertz CT molecular complexity index is 363. The minimum Gasteiger partial charge on any atom is -0.493 e. The maximum Gasteiger partial charge on any atom is 0.125 e. The van der Waals surface area contributed by atoms with Crippen molar-refractivity contribution in [2.45, 2.75) is 33.6 Å². The van der Waals surface area contributed by atoms with Crippen LogP contribution in [-0.4, -0.2) is 13.2 Å². The van der Waals surface area contributed by atoms with E-state index in [0.717, 1.165) is 34.7 Å². The summed E-state index contributed by atoms with van der Waals surface area (Å²) < 4.78 is 5.70. The highest BCUT2D eigenvalue weighted by Crippen LogP contribution is 2.33. The Morgan fingerprint density at radius 2 is 2.06 bits per heavy atom. The van der Waals surface area contributed by atoms with Crippen LogP contribution in [0.2, 0.25) is 5.02 Å². The van der Waals surface area contributed by atoms with Gasteiger partial charge in [0.05, 0.1) is 6.61 Å². The molecule has 0 fully saturated rings. The smallest absolute Gasteiger partial charge is 0.125 e. The highest BCUT2D eigenvalue weighted by molar-refractivity contribution is 6.31. The highest BCUT2D eigenvalue weighted by atomic mass is 35.5. The van der Waals surface area contributed by atoms with E-state index >= 15 is 0 Å². The number of nitrogens with two attached hydrogens (primary N) is 1. The van der Waals surface area contributed by atoms with Crippen molar-refractivity contribution in [2.75, 3.05) is 13.2 Å². The third-order valence-electron chi connectivity index (χ3n) is 2.71. The van der Waals surface area contributed by atoms with Crippen molar-refractivity contribution in [3.63, 3.8) is 0 Å². The largest absolute Gasteiger partial charge is 0.493 e. The third kappa shape index (κ3) is 2.89. The zero-order chi connectivity index (χ0) is 12.1. The molecule has 0 unspecified atom stereocenters. The molecule has 0 aliphatic carbocycles. The molecule has 0 bridgehead atoms. The van der Waals surface area contributed by atoms with Gasteiger partial charge in [-0.15, -0.1) is 0 Å². The van der Waals surface area contributed by atoms with Crippen molar-refractivity contribution in [1.82, 2.24) is 0 Å². The van der Waals surface area contributed by atoms with Crippen molar-refractivity contribution >= 4 is 11.6 Å². The predicted octanol–water partition coefficient (Wildman–Crippen LogP) is 3.25. The topological polar surface area (TPSA) is 35.2 Å². The summed E-state index contributed by atoms with van der Waals surface area (Å²) in [6.45, 7) is 7.43. The summed E-state index contributed by atoms with van der Waals surface area (Å²) in [5.41, 5.74) is 8.97. The predicted molar refractivity (Wildman–Crippen MR) is 69.5 cm³/mol. The Morgan fingerprint density at radius 1 is 1.38 bits per heavy atom. The molecule has 0 aliphatic heterocycles. The Morgan fingerprint density at radius 3 is 2.62 bits per heavy atom. The fraction of sp³-hybridized carbons (Fsp3) is 0.538. The van der Waals surface area contributed by atoms with Gasteiger partial charge < -0.3 is 10.5 Å². The highest BCUT2D eigenvalue weighted by Gasteiger charge is 2.13. The number of aryl methyl sites for hydroxylation is 1. The number of hydrogen-bond donors (Lipinski definition) is 1. The molecule has 90 valence electrons. The van der Waals surface area contributed by atoms with Gasteiger partial charge in [-0.05, 0) is 62.9 Å². The van der Waals surface area contributed by atoms with Gasteiger partial charge in [-0.2, -0.15) is 0 Å². The lowest BCUT2D eigenvalue weighted by molar-refractivity contribution is 0.333. The molecular weight excluding hydrogens is 222 g/mol. The maximum absolute atomic E-state index is 6.18. The molecule has 0 amide bonds. The number of ether oxygens (including phenoxy) is 1. The minimum absolute atomic E-state index is 0.678. The molecule has 0 saturated carbocycles. The van der Waals surface area contributed by atoms with E-state index in [-0.39, 0.29) is 0 Å². The second-order valence-electron chi connectivity index (χ2n) is 3.93. The van der Waals surface area contributed by atoms with Crippen LogP contribution in [0.1, 0.15) is 30.0 Å². The molecular formula is C13H20ClNO. The van der Waals surface area contributed by atoms with Gasteiger partial charge in [-0.3, -0.25) is 0 Å². The molecule has 3 heteroatoms. The summed E-state index contributed by atoms with van der Waals surface area (Å²) in [4.78, 5) is 0. The summed E-state index contributed by atoms with van der Waals surface area (Å²) in [6, 6.07) is 1.97. The third-order valence-corrected chi connectivity index (χ3v) is 3.10. The second kappa shape index (κ2) is 6.12. The summed E-state index contributed by atoms with van der Waals surface area (Å²) in [7, 11) is 0. The monoisotopic (exact) mass is 241 g/mol. The van der Waals surface area contributed by atoms with E-state index in [2.05, 4.69) is 0 Å². The molecule has 0 radical (unpaired) electrons. The van der Waals surface area contributed by atoms with Crippen LogP contribution in [0.3, 0.4) is 0 Å². The Balaban J connectivity index is 3.16. The van der Waals surface area contributed by atoms with Gasteiger partial charge in [-0.1, -0.05) is 11.6 Å². The van der Waals surface area contributed by atoms with Crippen LogP contribution in [0.25, 0.3) is 0 Å². The number of benzene rings is 1. The first-order valence-electron chi connectivity index (χ1n) is 5.73. The fourth-order valence-electron chi connectivity index (χ4n) is 1.84. The molecule has 1 aromatic rings. The summed E-state index contributed by atoms with van der Waals surface area (Å²) >= 11 is 6.18. The number of rotatable bonds is 5. The SMILES string of the molecule is CCOc1c(C)cc(Cl)c(C)c1CCCN. The van der Waals surface area contributed by atoms with E-state index in [1.165, 1.54) is 5.56 Å². The van der Waals surface area contributed by atoms with Crippen LogP contribution in [-0.2, 0) is 6.42 Å². The van der Waals surface area contributed by atoms with Crippen molar-refractivity contribution < 1.29 is 4.74 Å². The van der Waals surface area contributed by atoms with Crippen molar-refractivity contribution in [1.29, 1.82) is 0 Å².